The van der Waals surface area contributed by atoms with Crippen LogP contribution in [0.4, 0.5) is 8.78 Å². The molecule has 0 radical (unpaired) electrons. The molecule has 2 atom stereocenters. The summed E-state index contributed by atoms with van der Waals surface area (Å²) in [6, 6.07) is 0. The highest BCUT2D eigenvalue weighted by Crippen LogP contribution is 2.34. The van der Waals surface area contributed by atoms with Gasteiger partial charge in [0.2, 0.25) is 5.92 Å². The average Bonchev–Trinajstić information content (AvgIpc) is 3.25. The molecule has 0 spiro atoms. The van der Waals surface area contributed by atoms with Gasteiger partial charge in [0.25, 0.3) is 0 Å². The number of esters is 1. The fourth-order valence-electron chi connectivity index (χ4n) is 3.17. The smallest absolute Gasteiger partial charge is 0.302 e. The molecule has 0 bridgehead atoms. The van der Waals surface area contributed by atoms with Crippen LogP contribution in [0.15, 0.2) is 18.7 Å². The Kier molecular flexibility index (Phi) is 14.7. The Bertz CT molecular complexity index is 528. The van der Waals surface area contributed by atoms with Crippen LogP contribution < -0.4 is 0 Å². The highest BCUT2D eigenvalue weighted by molar-refractivity contribution is 7.94. The van der Waals surface area contributed by atoms with E-state index in [0.717, 1.165) is 32.1 Å². The summed E-state index contributed by atoms with van der Waals surface area (Å²) in [5.74, 6) is -2.28. The Morgan fingerprint density at radius 3 is 2.46 bits per heavy atom. The Morgan fingerprint density at radius 2 is 2.00 bits per heavy atom. The number of alkyl halides is 2. The number of hydrogen-bond acceptors (Lipinski definition) is 4. The van der Waals surface area contributed by atoms with Gasteiger partial charge in [-0.2, -0.15) is 0 Å². The van der Waals surface area contributed by atoms with E-state index in [9.17, 15) is 13.6 Å². The summed E-state index contributed by atoms with van der Waals surface area (Å²) in [5.41, 5.74) is 0.444. The van der Waals surface area contributed by atoms with Crippen molar-refractivity contribution in [2.75, 3.05) is 0 Å². The number of nitrogens with zero attached hydrogens (tertiary/aromatic N) is 2. The molecule has 1 saturated carbocycles. The Labute approximate surface area is 172 Å². The van der Waals surface area contributed by atoms with Crippen molar-refractivity contribution in [3.05, 3.63) is 18.7 Å². The number of rotatable bonds is 8. The molecule has 0 amide bonds. The van der Waals surface area contributed by atoms with Crippen LogP contribution in [0.1, 0.15) is 71.6 Å². The molecule has 1 aromatic heterocycles. The van der Waals surface area contributed by atoms with E-state index >= 15 is 0 Å². The molecule has 1 aromatic rings. The number of aryl methyl sites for hydroxylation is 1. The molecule has 0 N–H and O–H groups in total. The van der Waals surface area contributed by atoms with Crippen LogP contribution >= 0.6 is 12.6 Å². The zero-order valence-electron chi connectivity index (χ0n) is 17.2. The van der Waals surface area contributed by atoms with Gasteiger partial charge in [0.1, 0.15) is 6.10 Å². The molecular formula is C20H34F2N2O3S. The SMILES string of the molecule is CCCCC(F)(F)CCCC1CCC(OC(C)=O)C1.Cn1ccnc1.O=CS. The lowest BCUT2D eigenvalue weighted by atomic mass is 9.97. The minimum absolute atomic E-state index is 0.00172. The summed E-state index contributed by atoms with van der Waals surface area (Å²) < 4.78 is 34.0. The summed E-state index contributed by atoms with van der Waals surface area (Å²) in [6.07, 6.45) is 11.0. The van der Waals surface area contributed by atoms with Gasteiger partial charge >= 0.3 is 5.97 Å². The largest absolute Gasteiger partial charge is 0.463 e. The molecule has 1 heterocycles. The topological polar surface area (TPSA) is 61.2 Å². The van der Waals surface area contributed by atoms with Gasteiger partial charge in [0.15, 0.2) is 5.62 Å². The molecule has 0 aromatic carbocycles. The number of imidazole rings is 1. The third-order valence-corrected chi connectivity index (χ3v) is 4.51. The molecule has 28 heavy (non-hydrogen) atoms. The van der Waals surface area contributed by atoms with Crippen molar-refractivity contribution in [2.45, 2.75) is 83.7 Å². The monoisotopic (exact) mass is 420 g/mol. The highest BCUT2D eigenvalue weighted by Gasteiger charge is 2.30. The lowest BCUT2D eigenvalue weighted by Gasteiger charge is -2.17. The molecule has 0 aliphatic heterocycles. The van der Waals surface area contributed by atoms with E-state index in [0.29, 0.717) is 24.4 Å². The first-order valence-electron chi connectivity index (χ1n) is 9.78. The standard InChI is InChI=1S/C15H26F2O2.C4H6N2.CH2OS/c1-3-4-9-15(16,17)10-5-6-13-7-8-14(11-13)19-12(2)18;1-6-3-2-5-4-6;2-1-3/h13-14H,3-11H2,1-2H3;2-4H,1H3;1H,(H,2,3). The van der Waals surface area contributed by atoms with Crippen LogP contribution in [0.5, 0.6) is 0 Å². The number of ether oxygens (including phenoxy) is 1. The first-order chi connectivity index (χ1) is 13.2. The zero-order chi connectivity index (χ0) is 21.4. The fraction of sp³-hybridized carbons (Fsp3) is 0.750. The van der Waals surface area contributed by atoms with Crippen molar-refractivity contribution < 1.29 is 23.1 Å². The van der Waals surface area contributed by atoms with Gasteiger partial charge < -0.3 is 9.30 Å². The van der Waals surface area contributed by atoms with Gasteiger partial charge in [-0.25, -0.2) is 13.8 Å². The highest BCUT2D eigenvalue weighted by atomic mass is 32.1. The third kappa shape index (κ3) is 14.6. The van der Waals surface area contributed by atoms with Crippen LogP contribution in [0.3, 0.4) is 0 Å². The number of unbranched alkanes of at least 4 members (excludes halogenated alkanes) is 1. The summed E-state index contributed by atoms with van der Waals surface area (Å²) in [5, 5.41) is 0. The van der Waals surface area contributed by atoms with Gasteiger partial charge in [-0.15, -0.1) is 12.6 Å². The summed E-state index contributed by atoms with van der Waals surface area (Å²) in [7, 11) is 1.94. The molecule has 1 aliphatic rings. The van der Waals surface area contributed by atoms with Crippen LogP contribution in [0.25, 0.3) is 0 Å². The average molecular weight is 421 g/mol. The van der Waals surface area contributed by atoms with E-state index < -0.39 is 5.92 Å². The lowest BCUT2D eigenvalue weighted by Crippen LogP contribution is -2.16. The molecular weight excluding hydrogens is 386 g/mol. The van der Waals surface area contributed by atoms with Crippen LogP contribution in [-0.2, 0) is 21.4 Å². The van der Waals surface area contributed by atoms with E-state index in [4.69, 9.17) is 9.53 Å². The second kappa shape index (κ2) is 15.5. The molecule has 1 fully saturated rings. The number of hydrogen-bond donors (Lipinski definition) is 1. The molecule has 1 aliphatic carbocycles. The molecule has 162 valence electrons. The molecule has 2 unspecified atom stereocenters. The lowest BCUT2D eigenvalue weighted by molar-refractivity contribution is -0.146. The van der Waals surface area contributed by atoms with E-state index in [1.165, 1.54) is 6.92 Å². The number of thiol groups is 1. The van der Waals surface area contributed by atoms with E-state index in [1.807, 2.05) is 24.7 Å². The molecule has 0 saturated heterocycles. The Balaban J connectivity index is 0.000000665. The minimum Gasteiger partial charge on any atom is -0.463 e. The van der Waals surface area contributed by atoms with Crippen LogP contribution in [0.2, 0.25) is 0 Å². The van der Waals surface area contributed by atoms with Crippen molar-refractivity contribution in [3.63, 3.8) is 0 Å². The second-order valence-corrected chi connectivity index (χ2v) is 7.31. The van der Waals surface area contributed by atoms with Crippen LogP contribution in [0, 0.1) is 5.92 Å². The van der Waals surface area contributed by atoms with Gasteiger partial charge in [-0.05, 0) is 38.0 Å². The maximum atomic E-state index is 13.5. The van der Waals surface area contributed by atoms with Crippen molar-refractivity contribution in [3.8, 4) is 0 Å². The Morgan fingerprint density at radius 1 is 1.36 bits per heavy atom. The predicted molar refractivity (Wildman–Crippen MR) is 110 cm³/mol. The number of carbonyl (C=O) groups is 2. The number of aromatic nitrogens is 2. The van der Waals surface area contributed by atoms with Crippen molar-refractivity contribution in [1.29, 1.82) is 0 Å². The van der Waals surface area contributed by atoms with Crippen molar-refractivity contribution in [1.82, 2.24) is 9.55 Å². The number of carbonyl (C=O) groups excluding carboxylic acids is 2. The Hall–Kier alpha value is -1.44. The zero-order valence-corrected chi connectivity index (χ0v) is 18.0. The van der Waals surface area contributed by atoms with E-state index in [2.05, 4.69) is 17.6 Å². The van der Waals surface area contributed by atoms with Gasteiger partial charge in [-0.3, -0.25) is 9.59 Å². The molecule has 2 rings (SSSR count). The van der Waals surface area contributed by atoms with E-state index in [1.54, 1.807) is 12.5 Å². The summed E-state index contributed by atoms with van der Waals surface area (Å²) >= 11 is 3.11. The van der Waals surface area contributed by atoms with Gasteiger partial charge in [0, 0.05) is 39.2 Å². The quantitative estimate of drug-likeness (QED) is 0.355. The first-order valence-corrected chi connectivity index (χ1v) is 10.3. The maximum absolute atomic E-state index is 13.5. The maximum Gasteiger partial charge on any atom is 0.302 e. The minimum atomic E-state index is -2.50. The molecule has 8 heteroatoms. The third-order valence-electron chi connectivity index (χ3n) is 4.51. The van der Waals surface area contributed by atoms with Gasteiger partial charge in [-0.1, -0.05) is 19.8 Å². The van der Waals surface area contributed by atoms with Crippen LogP contribution in [-0.4, -0.2) is 33.2 Å². The van der Waals surface area contributed by atoms with Crippen molar-refractivity contribution >= 4 is 24.2 Å². The summed E-state index contributed by atoms with van der Waals surface area (Å²) in [6.45, 7) is 3.35. The van der Waals surface area contributed by atoms with Crippen molar-refractivity contribution in [2.24, 2.45) is 13.0 Å². The summed E-state index contributed by atoms with van der Waals surface area (Å²) in [4.78, 5) is 23.3. The van der Waals surface area contributed by atoms with E-state index in [-0.39, 0.29) is 24.9 Å². The fourth-order valence-corrected chi connectivity index (χ4v) is 3.17. The normalized spacial score (nSPS) is 18.4. The van der Waals surface area contributed by atoms with Gasteiger partial charge in [0.05, 0.1) is 6.33 Å². The number of halogens is 2. The second-order valence-electron chi connectivity index (χ2n) is 7.10. The molecule has 5 nitrogen and oxygen atoms in total. The first kappa shape index (κ1) is 26.6. The predicted octanol–water partition coefficient (Wildman–Crippen LogP) is 5.24.